The van der Waals surface area contributed by atoms with E-state index in [1.807, 2.05) is 47.7 Å². The molecule has 1 amide bonds. The zero-order valence-corrected chi connectivity index (χ0v) is 19.7. The molecule has 10 heteroatoms. The maximum Gasteiger partial charge on any atom is 0.281 e. The number of benzene rings is 1. The van der Waals surface area contributed by atoms with E-state index in [-0.39, 0.29) is 18.5 Å². The molecule has 0 saturated carbocycles. The first-order valence-corrected chi connectivity index (χ1v) is 11.6. The average molecular weight is 462 g/mol. The fourth-order valence-electron chi connectivity index (χ4n) is 4.89. The third-order valence-corrected chi connectivity index (χ3v) is 6.50. The number of amidine groups is 1. The quantitative estimate of drug-likeness (QED) is 0.516. The summed E-state index contributed by atoms with van der Waals surface area (Å²) in [6.45, 7) is 8.94. The molecule has 1 fully saturated rings. The minimum Gasteiger partial charge on any atom is -0.386 e. The standard InChI is InChI=1S/C24H31N9O/c1-15(2)17-8-4-5-9-18(17)28-19(26)14-33-22(34)20-21(32-12-10-27-23(32)33)29-24(30(20)3)31-11-6-7-16(25)13-31/h4-5,8-9,16H,1,6-7,10-14,25H2,2-3H3,(H2,26,28)/t16-/m1/s1. The van der Waals surface area contributed by atoms with E-state index >= 15 is 0 Å². The Labute approximate surface area is 199 Å². The maximum atomic E-state index is 13.7. The van der Waals surface area contributed by atoms with E-state index in [1.165, 1.54) is 0 Å². The zero-order valence-electron chi connectivity index (χ0n) is 19.7. The Morgan fingerprint density at radius 3 is 2.85 bits per heavy atom. The molecule has 34 heavy (non-hydrogen) atoms. The van der Waals surface area contributed by atoms with E-state index in [0.717, 1.165) is 48.7 Å². The highest BCUT2D eigenvalue weighted by atomic mass is 16.2. The van der Waals surface area contributed by atoms with Gasteiger partial charge in [0, 0.05) is 38.3 Å². The second kappa shape index (κ2) is 8.60. The van der Waals surface area contributed by atoms with Crippen LogP contribution in [-0.2, 0) is 7.05 Å². The molecule has 1 aromatic heterocycles. The Bertz CT molecular complexity index is 1210. The third-order valence-electron chi connectivity index (χ3n) is 6.50. The third kappa shape index (κ3) is 3.73. The van der Waals surface area contributed by atoms with Gasteiger partial charge >= 0.3 is 0 Å². The first kappa shape index (κ1) is 22.1. The number of fused-ring (bicyclic) bond motifs is 3. The fraction of sp³-hybridized carbons (Fsp3) is 0.417. The molecular weight excluding hydrogens is 430 g/mol. The van der Waals surface area contributed by atoms with Crippen LogP contribution in [0, 0.1) is 0 Å². The number of para-hydroxylation sites is 1. The van der Waals surface area contributed by atoms with Crippen LogP contribution in [0.15, 0.2) is 40.8 Å². The van der Waals surface area contributed by atoms with E-state index in [9.17, 15) is 4.79 Å². The molecule has 4 N–H and O–H groups in total. The number of piperidine rings is 1. The van der Waals surface area contributed by atoms with Gasteiger partial charge in [-0.1, -0.05) is 24.8 Å². The summed E-state index contributed by atoms with van der Waals surface area (Å²) in [7, 11) is 1.89. The Kier molecular flexibility index (Phi) is 5.60. The number of rotatable bonds is 5. The minimum absolute atomic E-state index is 0.108. The number of carbonyl (C=O) groups excluding carboxylic acids is 1. The van der Waals surface area contributed by atoms with Crippen LogP contribution in [-0.4, -0.2) is 70.9 Å². The molecule has 0 aliphatic carbocycles. The highest BCUT2D eigenvalue weighted by Gasteiger charge is 2.42. The van der Waals surface area contributed by atoms with Crippen LogP contribution in [0.1, 0.15) is 35.8 Å². The first-order chi connectivity index (χ1) is 16.3. The molecule has 3 aliphatic heterocycles. The van der Waals surface area contributed by atoms with Gasteiger partial charge in [-0.15, -0.1) is 0 Å². The number of hydrogen-bond donors (Lipinski definition) is 2. The monoisotopic (exact) mass is 461 g/mol. The van der Waals surface area contributed by atoms with Crippen molar-refractivity contribution in [3.05, 3.63) is 42.1 Å². The SMILES string of the molecule is C=C(C)c1ccccc1/N=C(\N)CN1C(=O)c2c(nc(N3CCC[C@@H](N)C3)n2C)N2CCN=C12. The van der Waals surface area contributed by atoms with Crippen LogP contribution >= 0.6 is 0 Å². The number of aliphatic imine (C=N–C) groups is 2. The van der Waals surface area contributed by atoms with E-state index in [4.69, 9.17) is 16.5 Å². The summed E-state index contributed by atoms with van der Waals surface area (Å²) >= 11 is 0. The number of nitrogens with zero attached hydrogens (tertiary/aromatic N) is 7. The van der Waals surface area contributed by atoms with Crippen LogP contribution < -0.4 is 21.3 Å². The number of allylic oxidation sites excluding steroid dienone is 1. The van der Waals surface area contributed by atoms with Crippen molar-refractivity contribution in [2.75, 3.05) is 42.5 Å². The van der Waals surface area contributed by atoms with Crippen LogP contribution in [0.25, 0.3) is 5.57 Å². The summed E-state index contributed by atoms with van der Waals surface area (Å²) in [5, 5.41) is 0. The van der Waals surface area contributed by atoms with Gasteiger partial charge in [-0.2, -0.15) is 4.98 Å². The van der Waals surface area contributed by atoms with Gasteiger partial charge in [0.2, 0.25) is 11.9 Å². The number of amides is 1. The van der Waals surface area contributed by atoms with Crippen molar-refractivity contribution in [2.45, 2.75) is 25.8 Å². The summed E-state index contributed by atoms with van der Waals surface area (Å²) < 4.78 is 1.88. The Hall–Kier alpha value is -3.66. The van der Waals surface area contributed by atoms with E-state index < -0.39 is 0 Å². The van der Waals surface area contributed by atoms with Crippen molar-refractivity contribution in [1.29, 1.82) is 0 Å². The van der Waals surface area contributed by atoms with E-state index in [0.29, 0.717) is 36.4 Å². The lowest BCUT2D eigenvalue weighted by atomic mass is 10.1. The number of anilines is 2. The van der Waals surface area contributed by atoms with Crippen LogP contribution in [0.5, 0.6) is 0 Å². The van der Waals surface area contributed by atoms with Gasteiger partial charge < -0.3 is 20.9 Å². The number of hydrogen-bond acceptors (Lipinski definition) is 7. The molecule has 1 aromatic carbocycles. The van der Waals surface area contributed by atoms with Crippen molar-refractivity contribution >= 4 is 40.7 Å². The first-order valence-electron chi connectivity index (χ1n) is 11.6. The fourth-order valence-corrected chi connectivity index (χ4v) is 4.89. The highest BCUT2D eigenvalue weighted by molar-refractivity contribution is 6.19. The van der Waals surface area contributed by atoms with Crippen LogP contribution in [0.2, 0.25) is 0 Å². The number of guanidine groups is 1. The molecule has 2 aromatic rings. The van der Waals surface area contributed by atoms with E-state index in [2.05, 4.69) is 21.5 Å². The number of carbonyl (C=O) groups is 1. The zero-order chi connectivity index (χ0) is 24.0. The van der Waals surface area contributed by atoms with Gasteiger partial charge in [0.1, 0.15) is 5.84 Å². The topological polar surface area (TPSA) is 121 Å². The van der Waals surface area contributed by atoms with Gasteiger partial charge in [0.15, 0.2) is 11.5 Å². The largest absolute Gasteiger partial charge is 0.386 e. The van der Waals surface area contributed by atoms with Gasteiger partial charge in [-0.25, -0.2) is 4.99 Å². The molecule has 0 unspecified atom stereocenters. The van der Waals surface area contributed by atoms with Gasteiger partial charge in [0.05, 0.1) is 18.8 Å². The second-order valence-corrected chi connectivity index (χ2v) is 9.12. The average Bonchev–Trinajstić information content (AvgIpc) is 3.42. The molecule has 3 aliphatic rings. The molecule has 5 rings (SSSR count). The molecule has 0 spiro atoms. The second-order valence-electron chi connectivity index (χ2n) is 9.12. The molecule has 10 nitrogen and oxygen atoms in total. The Balaban J connectivity index is 1.48. The summed E-state index contributed by atoms with van der Waals surface area (Å²) in [5.41, 5.74) is 15.6. The Morgan fingerprint density at radius 1 is 1.29 bits per heavy atom. The molecule has 0 bridgehead atoms. The van der Waals surface area contributed by atoms with Crippen molar-refractivity contribution in [3.63, 3.8) is 0 Å². The van der Waals surface area contributed by atoms with Gasteiger partial charge in [-0.05, 0) is 31.4 Å². The molecular formula is C24H31N9O. The normalized spacial score (nSPS) is 20.4. The van der Waals surface area contributed by atoms with Crippen LogP contribution in [0.4, 0.5) is 17.5 Å². The number of imidazole rings is 1. The van der Waals surface area contributed by atoms with E-state index in [1.54, 1.807) is 4.90 Å². The summed E-state index contributed by atoms with van der Waals surface area (Å²) in [6.07, 6.45) is 2.01. The van der Waals surface area contributed by atoms with Crippen molar-refractivity contribution in [3.8, 4) is 0 Å². The molecule has 1 saturated heterocycles. The number of nitrogens with two attached hydrogens (primary N) is 2. The lowest BCUT2D eigenvalue weighted by Gasteiger charge is -2.33. The molecule has 0 radical (unpaired) electrons. The molecule has 4 heterocycles. The lowest BCUT2D eigenvalue weighted by Crippen LogP contribution is -2.53. The predicted molar refractivity (Wildman–Crippen MR) is 136 cm³/mol. The molecule has 178 valence electrons. The van der Waals surface area contributed by atoms with Gasteiger partial charge in [-0.3, -0.25) is 19.6 Å². The summed E-state index contributed by atoms with van der Waals surface area (Å²) in [5.74, 6) is 2.13. The van der Waals surface area contributed by atoms with Crippen molar-refractivity contribution in [1.82, 2.24) is 14.5 Å². The van der Waals surface area contributed by atoms with Crippen molar-refractivity contribution < 1.29 is 4.79 Å². The van der Waals surface area contributed by atoms with Gasteiger partial charge in [0.25, 0.3) is 5.91 Å². The van der Waals surface area contributed by atoms with Crippen molar-refractivity contribution in [2.24, 2.45) is 28.5 Å². The maximum absolute atomic E-state index is 13.7. The van der Waals surface area contributed by atoms with Crippen LogP contribution in [0.3, 0.4) is 0 Å². The molecule has 1 atom stereocenters. The summed E-state index contributed by atoms with van der Waals surface area (Å²) in [6, 6.07) is 7.80. The predicted octanol–water partition coefficient (Wildman–Crippen LogP) is 1.70. The lowest BCUT2D eigenvalue weighted by molar-refractivity contribution is 0.0846. The Morgan fingerprint density at radius 2 is 2.09 bits per heavy atom. The minimum atomic E-state index is -0.180. The highest BCUT2D eigenvalue weighted by Crippen LogP contribution is 2.34. The number of aromatic nitrogens is 2. The smallest absolute Gasteiger partial charge is 0.281 e. The summed E-state index contributed by atoms with van der Waals surface area (Å²) in [4.78, 5) is 33.5.